The van der Waals surface area contributed by atoms with E-state index in [9.17, 15) is 0 Å². The van der Waals surface area contributed by atoms with Crippen LogP contribution in [0.3, 0.4) is 0 Å². The summed E-state index contributed by atoms with van der Waals surface area (Å²) in [5.74, 6) is 0. The second-order valence-electron chi connectivity index (χ2n) is 3.28. The van der Waals surface area contributed by atoms with Gasteiger partial charge in [0.05, 0.1) is 24.1 Å². The fourth-order valence-corrected chi connectivity index (χ4v) is 1.73. The fraction of sp³-hybridized carbons (Fsp3) is 0.182. The Morgan fingerprint density at radius 1 is 1.50 bits per heavy atom. The molecule has 0 saturated carbocycles. The smallest absolute Gasteiger partial charge is 0.0992 e. The van der Waals surface area contributed by atoms with Crippen LogP contribution in [0.4, 0.5) is 0 Å². The quantitative estimate of drug-likeness (QED) is 0.829. The predicted molar refractivity (Wildman–Crippen MR) is 62.4 cm³/mol. The van der Waals surface area contributed by atoms with Crippen LogP contribution in [-0.2, 0) is 11.4 Å². The van der Waals surface area contributed by atoms with Crippen LogP contribution < -0.4 is 5.48 Å². The number of hydrogen-bond donors (Lipinski definition) is 1. The second-order valence-corrected chi connectivity index (χ2v) is 3.69. The van der Waals surface area contributed by atoms with Crippen LogP contribution in [0.15, 0.2) is 36.9 Å². The van der Waals surface area contributed by atoms with Gasteiger partial charge >= 0.3 is 0 Å². The molecule has 1 aromatic carbocycles. The van der Waals surface area contributed by atoms with Gasteiger partial charge in [0.25, 0.3) is 0 Å². The highest BCUT2D eigenvalue weighted by molar-refractivity contribution is 6.32. The van der Waals surface area contributed by atoms with Gasteiger partial charge in [-0.1, -0.05) is 17.7 Å². The van der Waals surface area contributed by atoms with Crippen molar-refractivity contribution in [1.82, 2.24) is 15.0 Å². The lowest BCUT2D eigenvalue weighted by molar-refractivity contribution is 0.0867. The average molecular weight is 238 g/mol. The van der Waals surface area contributed by atoms with Crippen LogP contribution in [0, 0.1) is 0 Å². The molecule has 16 heavy (non-hydrogen) atoms. The number of hydroxylamine groups is 1. The predicted octanol–water partition coefficient (Wildman–Crippen LogP) is 2.18. The van der Waals surface area contributed by atoms with Crippen molar-refractivity contribution in [1.29, 1.82) is 0 Å². The molecule has 4 nitrogen and oxygen atoms in total. The van der Waals surface area contributed by atoms with E-state index in [0.717, 1.165) is 11.3 Å². The van der Waals surface area contributed by atoms with E-state index in [1.54, 1.807) is 19.6 Å². The van der Waals surface area contributed by atoms with E-state index < -0.39 is 0 Å². The Kier molecular flexibility index (Phi) is 3.56. The van der Waals surface area contributed by atoms with Crippen molar-refractivity contribution in [3.8, 4) is 5.69 Å². The second kappa shape index (κ2) is 5.12. The third-order valence-corrected chi connectivity index (χ3v) is 2.52. The van der Waals surface area contributed by atoms with E-state index in [0.29, 0.717) is 11.6 Å². The Bertz CT molecular complexity index is 456. The molecule has 2 aromatic rings. The zero-order chi connectivity index (χ0) is 11.4. The molecule has 0 aliphatic carbocycles. The molecular formula is C11H12ClN3O. The molecule has 5 heteroatoms. The first-order valence-electron chi connectivity index (χ1n) is 4.84. The standard InChI is InChI=1S/C11H12ClN3O/c1-16-14-7-9-2-3-11(10(12)6-9)15-5-4-13-8-15/h2-6,8,14H,7H2,1H3. The summed E-state index contributed by atoms with van der Waals surface area (Å²) in [4.78, 5) is 8.76. The van der Waals surface area contributed by atoms with Crippen LogP contribution in [0.2, 0.25) is 5.02 Å². The third-order valence-electron chi connectivity index (χ3n) is 2.22. The maximum absolute atomic E-state index is 6.18. The molecule has 0 radical (unpaired) electrons. The summed E-state index contributed by atoms with van der Waals surface area (Å²) in [6.45, 7) is 0.625. The van der Waals surface area contributed by atoms with E-state index in [2.05, 4.69) is 10.5 Å². The summed E-state index contributed by atoms with van der Waals surface area (Å²) in [5, 5.41) is 0.688. The van der Waals surface area contributed by atoms with E-state index in [4.69, 9.17) is 16.4 Å². The molecule has 1 aromatic heterocycles. The number of nitrogens with zero attached hydrogens (tertiary/aromatic N) is 2. The average Bonchev–Trinajstić information content (AvgIpc) is 2.80. The van der Waals surface area contributed by atoms with Crippen LogP contribution in [0.5, 0.6) is 0 Å². The van der Waals surface area contributed by atoms with Gasteiger partial charge < -0.3 is 9.40 Å². The summed E-state index contributed by atoms with van der Waals surface area (Å²) < 4.78 is 1.87. The van der Waals surface area contributed by atoms with Gasteiger partial charge in [-0.25, -0.2) is 4.98 Å². The van der Waals surface area contributed by atoms with Crippen molar-refractivity contribution in [2.45, 2.75) is 6.54 Å². The minimum Gasteiger partial charge on any atom is -0.305 e. The third kappa shape index (κ3) is 2.41. The molecule has 0 aliphatic rings. The molecule has 2 rings (SSSR count). The van der Waals surface area contributed by atoms with E-state index in [1.165, 1.54) is 0 Å². The van der Waals surface area contributed by atoms with Gasteiger partial charge in [-0.15, -0.1) is 0 Å². The molecule has 84 valence electrons. The molecule has 1 heterocycles. The van der Waals surface area contributed by atoms with E-state index >= 15 is 0 Å². The van der Waals surface area contributed by atoms with Gasteiger partial charge in [0.15, 0.2) is 0 Å². The van der Waals surface area contributed by atoms with Crippen molar-refractivity contribution in [2.75, 3.05) is 7.11 Å². The van der Waals surface area contributed by atoms with Crippen molar-refractivity contribution >= 4 is 11.6 Å². The zero-order valence-electron chi connectivity index (χ0n) is 8.85. The SMILES string of the molecule is CONCc1ccc(-n2ccnc2)c(Cl)c1. The van der Waals surface area contributed by atoms with Crippen molar-refractivity contribution in [3.05, 3.63) is 47.5 Å². The summed E-state index contributed by atoms with van der Waals surface area (Å²) in [6.07, 6.45) is 5.29. The van der Waals surface area contributed by atoms with Crippen molar-refractivity contribution in [2.24, 2.45) is 0 Å². The topological polar surface area (TPSA) is 39.1 Å². The van der Waals surface area contributed by atoms with Gasteiger partial charge in [-0.2, -0.15) is 5.48 Å². The van der Waals surface area contributed by atoms with E-state index in [1.807, 2.05) is 29.0 Å². The normalized spacial score (nSPS) is 10.6. The highest BCUT2D eigenvalue weighted by Gasteiger charge is 2.03. The molecule has 0 atom stereocenters. The highest BCUT2D eigenvalue weighted by atomic mass is 35.5. The number of aromatic nitrogens is 2. The molecule has 1 N–H and O–H groups in total. The van der Waals surface area contributed by atoms with Gasteiger partial charge in [-0.3, -0.25) is 0 Å². The number of benzene rings is 1. The van der Waals surface area contributed by atoms with Crippen molar-refractivity contribution < 1.29 is 4.84 Å². The number of hydrogen-bond acceptors (Lipinski definition) is 3. The van der Waals surface area contributed by atoms with Gasteiger partial charge in [-0.05, 0) is 17.7 Å². The molecule has 0 saturated heterocycles. The Morgan fingerprint density at radius 2 is 2.38 bits per heavy atom. The minimum absolute atomic E-state index is 0.625. The summed E-state index contributed by atoms with van der Waals surface area (Å²) in [5.41, 5.74) is 4.75. The summed E-state index contributed by atoms with van der Waals surface area (Å²) in [6, 6.07) is 5.85. The van der Waals surface area contributed by atoms with Crippen LogP contribution in [0.25, 0.3) is 5.69 Å². The first-order chi connectivity index (χ1) is 7.81. The lowest BCUT2D eigenvalue weighted by Crippen LogP contribution is -2.10. The number of nitrogens with one attached hydrogen (secondary N) is 1. The first kappa shape index (κ1) is 11.1. The van der Waals surface area contributed by atoms with Gasteiger partial charge in [0.2, 0.25) is 0 Å². The molecule has 0 spiro atoms. The Balaban J connectivity index is 2.23. The summed E-state index contributed by atoms with van der Waals surface area (Å²) in [7, 11) is 1.58. The number of imidazole rings is 1. The molecule has 0 unspecified atom stereocenters. The highest BCUT2D eigenvalue weighted by Crippen LogP contribution is 2.21. The molecule has 0 bridgehead atoms. The van der Waals surface area contributed by atoms with Crippen LogP contribution in [0.1, 0.15) is 5.56 Å². The lowest BCUT2D eigenvalue weighted by atomic mass is 10.2. The van der Waals surface area contributed by atoms with E-state index in [-0.39, 0.29) is 0 Å². The largest absolute Gasteiger partial charge is 0.305 e. The monoisotopic (exact) mass is 237 g/mol. The Morgan fingerprint density at radius 3 is 3.00 bits per heavy atom. The van der Waals surface area contributed by atoms with Crippen LogP contribution >= 0.6 is 11.6 Å². The zero-order valence-corrected chi connectivity index (χ0v) is 9.61. The number of halogens is 1. The van der Waals surface area contributed by atoms with Gasteiger partial charge in [0.1, 0.15) is 0 Å². The number of rotatable bonds is 4. The Hall–Kier alpha value is -1.36. The fourth-order valence-electron chi connectivity index (χ4n) is 1.43. The lowest BCUT2D eigenvalue weighted by Gasteiger charge is -2.07. The summed E-state index contributed by atoms with van der Waals surface area (Å²) >= 11 is 6.18. The first-order valence-corrected chi connectivity index (χ1v) is 5.21. The molecule has 0 aliphatic heterocycles. The maximum atomic E-state index is 6.18. The van der Waals surface area contributed by atoms with Crippen molar-refractivity contribution in [3.63, 3.8) is 0 Å². The maximum Gasteiger partial charge on any atom is 0.0992 e. The molecule has 0 fully saturated rings. The minimum atomic E-state index is 0.625. The van der Waals surface area contributed by atoms with Crippen LogP contribution in [-0.4, -0.2) is 16.7 Å². The van der Waals surface area contributed by atoms with Gasteiger partial charge in [0, 0.05) is 18.9 Å². The molecule has 0 amide bonds. The molecular weight excluding hydrogens is 226 g/mol. The Labute approximate surface area is 98.8 Å².